The number of hydrogen-bond acceptors (Lipinski definition) is 2. The van der Waals surface area contributed by atoms with Crippen molar-refractivity contribution < 1.29 is 0 Å². The highest BCUT2D eigenvalue weighted by Gasteiger charge is 2.25. The van der Waals surface area contributed by atoms with Gasteiger partial charge in [-0.3, -0.25) is 0 Å². The topological polar surface area (TPSA) is 15.3 Å². The zero-order chi connectivity index (χ0) is 13.0. The van der Waals surface area contributed by atoms with E-state index >= 15 is 0 Å². The van der Waals surface area contributed by atoms with Crippen molar-refractivity contribution in [2.24, 2.45) is 5.41 Å². The molecule has 1 saturated heterocycles. The Bertz CT molecular complexity index is 245. The first-order chi connectivity index (χ1) is 8.57. The fourth-order valence-electron chi connectivity index (χ4n) is 3.06. The van der Waals surface area contributed by atoms with Gasteiger partial charge >= 0.3 is 0 Å². The minimum atomic E-state index is 0.571. The van der Waals surface area contributed by atoms with Crippen molar-refractivity contribution in [2.45, 2.75) is 77.8 Å². The molecule has 18 heavy (non-hydrogen) atoms. The maximum atomic E-state index is 3.62. The van der Waals surface area contributed by atoms with Gasteiger partial charge in [-0.1, -0.05) is 13.8 Å². The second kappa shape index (κ2) is 6.38. The fraction of sp³-hybridized carbons (Fsp3) is 1.00. The van der Waals surface area contributed by atoms with E-state index < -0.39 is 0 Å². The summed E-state index contributed by atoms with van der Waals surface area (Å²) < 4.78 is 0. The summed E-state index contributed by atoms with van der Waals surface area (Å²) in [5, 5.41) is 3.62. The average Bonchev–Trinajstić information content (AvgIpc) is 3.12. The second-order valence-electron chi connectivity index (χ2n) is 7.27. The predicted molar refractivity (Wildman–Crippen MR) is 78.9 cm³/mol. The molecule has 2 heteroatoms. The summed E-state index contributed by atoms with van der Waals surface area (Å²) in [6, 6.07) is 1.65. The van der Waals surface area contributed by atoms with E-state index in [0.717, 1.165) is 12.1 Å². The highest BCUT2D eigenvalue weighted by atomic mass is 15.1. The summed E-state index contributed by atoms with van der Waals surface area (Å²) >= 11 is 0. The van der Waals surface area contributed by atoms with Crippen molar-refractivity contribution in [3.05, 3.63) is 0 Å². The van der Waals surface area contributed by atoms with Gasteiger partial charge in [0.05, 0.1) is 0 Å². The molecule has 0 aromatic rings. The van der Waals surface area contributed by atoms with Crippen molar-refractivity contribution >= 4 is 0 Å². The molecule has 1 aliphatic carbocycles. The first-order valence-corrected chi connectivity index (χ1v) is 8.04. The largest absolute Gasteiger partial charge is 0.314 e. The van der Waals surface area contributed by atoms with Crippen LogP contribution in [0.4, 0.5) is 0 Å². The van der Waals surface area contributed by atoms with Crippen LogP contribution in [0.5, 0.6) is 0 Å². The lowest BCUT2D eigenvalue weighted by Gasteiger charge is -2.28. The van der Waals surface area contributed by atoms with Crippen LogP contribution >= 0.6 is 0 Å². The third kappa shape index (κ3) is 4.89. The maximum absolute atomic E-state index is 3.62. The molecule has 0 aromatic heterocycles. The zero-order valence-corrected chi connectivity index (χ0v) is 12.7. The van der Waals surface area contributed by atoms with Gasteiger partial charge in [-0.15, -0.1) is 0 Å². The predicted octanol–water partition coefficient (Wildman–Crippen LogP) is 3.42. The zero-order valence-electron chi connectivity index (χ0n) is 12.7. The Morgan fingerprint density at radius 2 is 2.00 bits per heavy atom. The number of hydrogen-bond donors (Lipinski definition) is 1. The molecule has 1 heterocycles. The lowest BCUT2D eigenvalue weighted by Crippen LogP contribution is -2.35. The summed E-state index contributed by atoms with van der Waals surface area (Å²) in [6.07, 6.45) is 9.69. The van der Waals surface area contributed by atoms with Gasteiger partial charge in [0.25, 0.3) is 0 Å². The minimum Gasteiger partial charge on any atom is -0.314 e. The Balaban J connectivity index is 1.62. The van der Waals surface area contributed by atoms with E-state index in [2.05, 4.69) is 31.0 Å². The molecule has 0 amide bonds. The van der Waals surface area contributed by atoms with Gasteiger partial charge in [-0.2, -0.15) is 0 Å². The van der Waals surface area contributed by atoms with Crippen LogP contribution in [0.15, 0.2) is 0 Å². The number of rotatable bonds is 6. The molecule has 2 aliphatic rings. The molecule has 0 bridgehead atoms. The fourth-order valence-corrected chi connectivity index (χ4v) is 3.06. The van der Waals surface area contributed by atoms with E-state index in [1.807, 2.05) is 0 Å². The van der Waals surface area contributed by atoms with Crippen molar-refractivity contribution in [1.29, 1.82) is 0 Å². The Hall–Kier alpha value is -0.0800. The first kappa shape index (κ1) is 14.3. The van der Waals surface area contributed by atoms with Gasteiger partial charge in [0.1, 0.15) is 0 Å². The van der Waals surface area contributed by atoms with E-state index in [1.165, 1.54) is 64.6 Å². The summed E-state index contributed by atoms with van der Waals surface area (Å²) in [7, 11) is 0. The normalized spacial score (nSPS) is 26.8. The van der Waals surface area contributed by atoms with E-state index in [1.54, 1.807) is 0 Å². The monoisotopic (exact) mass is 252 g/mol. The average molecular weight is 252 g/mol. The molecular formula is C16H32N2. The third-order valence-electron chi connectivity index (χ3n) is 4.81. The Labute approximate surface area is 114 Å². The van der Waals surface area contributed by atoms with E-state index in [-0.39, 0.29) is 0 Å². The highest BCUT2D eigenvalue weighted by molar-refractivity contribution is 4.81. The maximum Gasteiger partial charge on any atom is 0.00682 e. The van der Waals surface area contributed by atoms with E-state index in [0.29, 0.717) is 5.41 Å². The third-order valence-corrected chi connectivity index (χ3v) is 4.81. The van der Waals surface area contributed by atoms with Crippen LogP contribution in [0.3, 0.4) is 0 Å². The quantitative estimate of drug-likeness (QED) is 0.729. The number of nitrogens with one attached hydrogen (secondary N) is 1. The highest BCUT2D eigenvalue weighted by Crippen LogP contribution is 2.30. The van der Waals surface area contributed by atoms with Crippen LogP contribution in [0.25, 0.3) is 0 Å². The van der Waals surface area contributed by atoms with Gasteiger partial charge in [0, 0.05) is 12.1 Å². The van der Waals surface area contributed by atoms with Crippen molar-refractivity contribution in [3.8, 4) is 0 Å². The first-order valence-electron chi connectivity index (χ1n) is 8.04. The van der Waals surface area contributed by atoms with Gasteiger partial charge in [0.2, 0.25) is 0 Å². The Kier molecular flexibility index (Phi) is 5.08. The lowest BCUT2D eigenvalue weighted by atomic mass is 9.85. The van der Waals surface area contributed by atoms with Gasteiger partial charge in [-0.25, -0.2) is 0 Å². The number of likely N-dealkylation sites (tertiary alicyclic amines) is 1. The van der Waals surface area contributed by atoms with Crippen LogP contribution in [-0.4, -0.2) is 36.6 Å². The summed E-state index contributed by atoms with van der Waals surface area (Å²) in [6.45, 7) is 11.1. The molecule has 106 valence electrons. The molecule has 2 nitrogen and oxygen atoms in total. The lowest BCUT2D eigenvalue weighted by molar-refractivity contribution is 0.195. The molecular weight excluding hydrogens is 220 g/mol. The molecule has 1 unspecified atom stereocenters. The van der Waals surface area contributed by atoms with Crippen molar-refractivity contribution in [2.75, 3.05) is 19.6 Å². The molecule has 1 atom stereocenters. The van der Waals surface area contributed by atoms with Crippen LogP contribution in [0, 0.1) is 5.41 Å². The molecule has 0 radical (unpaired) electrons. The van der Waals surface area contributed by atoms with Gasteiger partial charge in [-0.05, 0) is 76.9 Å². The molecule has 0 aromatic carbocycles. The summed E-state index contributed by atoms with van der Waals surface area (Å²) in [5.74, 6) is 0. The molecule has 2 rings (SSSR count). The van der Waals surface area contributed by atoms with Crippen LogP contribution in [0.2, 0.25) is 0 Å². The standard InChI is InChI=1S/C16H32N2/c1-14(6-4-11-17-15-7-8-15)18-12-5-9-16(2,3)10-13-18/h14-15,17H,4-13H2,1-3H3. The molecule has 1 aliphatic heterocycles. The summed E-state index contributed by atoms with van der Waals surface area (Å²) in [5.41, 5.74) is 0.571. The molecule has 1 N–H and O–H groups in total. The van der Waals surface area contributed by atoms with Gasteiger partial charge < -0.3 is 10.2 Å². The summed E-state index contributed by atoms with van der Waals surface area (Å²) in [4.78, 5) is 2.73. The Morgan fingerprint density at radius 1 is 1.22 bits per heavy atom. The van der Waals surface area contributed by atoms with Crippen LogP contribution in [-0.2, 0) is 0 Å². The number of nitrogens with zero attached hydrogens (tertiary/aromatic N) is 1. The minimum absolute atomic E-state index is 0.571. The SMILES string of the molecule is CC(CCCNC1CC1)N1CCCC(C)(C)CC1. The smallest absolute Gasteiger partial charge is 0.00682 e. The van der Waals surface area contributed by atoms with Crippen molar-refractivity contribution in [3.63, 3.8) is 0 Å². The van der Waals surface area contributed by atoms with Crippen LogP contribution in [0.1, 0.15) is 65.7 Å². The molecule has 0 spiro atoms. The molecule has 2 fully saturated rings. The van der Waals surface area contributed by atoms with Crippen LogP contribution < -0.4 is 5.32 Å². The van der Waals surface area contributed by atoms with Crippen molar-refractivity contribution in [1.82, 2.24) is 10.2 Å². The molecule has 1 saturated carbocycles. The second-order valence-corrected chi connectivity index (χ2v) is 7.27. The Morgan fingerprint density at radius 3 is 2.72 bits per heavy atom. The van der Waals surface area contributed by atoms with E-state index in [9.17, 15) is 0 Å². The van der Waals surface area contributed by atoms with E-state index in [4.69, 9.17) is 0 Å². The van der Waals surface area contributed by atoms with Gasteiger partial charge in [0.15, 0.2) is 0 Å².